The molecule has 92 valence electrons. The number of hydrogen-bond donors (Lipinski definition) is 1. The van der Waals surface area contributed by atoms with Crippen LogP contribution in [0, 0.1) is 0 Å². The standard InChI is InChI=1S/C15H12N4/c1-2-6-13-11(5-1)9-12(16-13)10-19-15-8-4-3-7-14(15)17-18-19/h1-9,16H,10H2. The Balaban J connectivity index is 1.78. The third kappa shape index (κ3) is 1.69. The molecule has 0 saturated carbocycles. The topological polar surface area (TPSA) is 46.5 Å². The second-order valence-corrected chi connectivity index (χ2v) is 4.62. The summed E-state index contributed by atoms with van der Waals surface area (Å²) < 4.78 is 1.92. The van der Waals surface area contributed by atoms with Crippen molar-refractivity contribution in [2.24, 2.45) is 0 Å². The minimum atomic E-state index is 0.704. The minimum Gasteiger partial charge on any atom is -0.357 e. The lowest BCUT2D eigenvalue weighted by molar-refractivity contribution is 0.661. The van der Waals surface area contributed by atoms with Crippen LogP contribution in [0.1, 0.15) is 5.69 Å². The molecule has 2 heterocycles. The van der Waals surface area contributed by atoms with E-state index < -0.39 is 0 Å². The van der Waals surface area contributed by atoms with Gasteiger partial charge in [0.25, 0.3) is 0 Å². The maximum Gasteiger partial charge on any atom is 0.113 e. The molecule has 19 heavy (non-hydrogen) atoms. The highest BCUT2D eigenvalue weighted by Gasteiger charge is 2.06. The number of H-pyrrole nitrogens is 1. The number of aromatic nitrogens is 4. The molecule has 1 N–H and O–H groups in total. The summed E-state index contributed by atoms with van der Waals surface area (Å²) in [5.74, 6) is 0. The van der Waals surface area contributed by atoms with Crippen LogP contribution >= 0.6 is 0 Å². The molecule has 0 aliphatic rings. The molecule has 0 fully saturated rings. The Kier molecular flexibility index (Phi) is 2.14. The smallest absolute Gasteiger partial charge is 0.113 e. The van der Waals surface area contributed by atoms with Crippen molar-refractivity contribution in [3.63, 3.8) is 0 Å². The Labute approximate surface area is 109 Å². The summed E-state index contributed by atoms with van der Waals surface area (Å²) in [6, 6.07) is 18.4. The maximum atomic E-state index is 4.21. The largest absolute Gasteiger partial charge is 0.357 e. The fourth-order valence-electron chi connectivity index (χ4n) is 2.41. The van der Waals surface area contributed by atoms with E-state index in [2.05, 4.69) is 33.5 Å². The monoisotopic (exact) mass is 248 g/mol. The summed E-state index contributed by atoms with van der Waals surface area (Å²) in [7, 11) is 0. The van der Waals surface area contributed by atoms with Crippen LogP contribution in [-0.4, -0.2) is 20.0 Å². The summed E-state index contributed by atoms with van der Waals surface area (Å²) in [5, 5.41) is 9.60. The van der Waals surface area contributed by atoms with E-state index in [4.69, 9.17) is 0 Å². The molecule has 4 nitrogen and oxygen atoms in total. The Hall–Kier alpha value is -2.62. The lowest BCUT2D eigenvalue weighted by Crippen LogP contribution is -2.01. The zero-order valence-electron chi connectivity index (χ0n) is 10.2. The first-order valence-corrected chi connectivity index (χ1v) is 6.25. The van der Waals surface area contributed by atoms with Crippen molar-refractivity contribution in [3.05, 3.63) is 60.3 Å². The van der Waals surface area contributed by atoms with E-state index >= 15 is 0 Å². The van der Waals surface area contributed by atoms with Crippen LogP contribution in [0.2, 0.25) is 0 Å². The number of para-hydroxylation sites is 2. The third-order valence-corrected chi connectivity index (χ3v) is 3.33. The summed E-state index contributed by atoms with van der Waals surface area (Å²) in [6.07, 6.45) is 0. The SMILES string of the molecule is c1ccc2[nH]c(Cn3nnc4ccccc43)cc2c1. The van der Waals surface area contributed by atoms with E-state index in [9.17, 15) is 0 Å². The van der Waals surface area contributed by atoms with E-state index in [0.29, 0.717) is 6.54 Å². The van der Waals surface area contributed by atoms with Gasteiger partial charge in [-0.05, 0) is 29.7 Å². The number of nitrogens with one attached hydrogen (secondary N) is 1. The number of fused-ring (bicyclic) bond motifs is 2. The fraction of sp³-hybridized carbons (Fsp3) is 0.0667. The Morgan fingerprint density at radius 3 is 2.79 bits per heavy atom. The maximum absolute atomic E-state index is 4.21. The molecule has 0 aliphatic carbocycles. The summed E-state index contributed by atoms with van der Waals surface area (Å²) in [4.78, 5) is 3.41. The summed E-state index contributed by atoms with van der Waals surface area (Å²) in [5.41, 5.74) is 4.28. The third-order valence-electron chi connectivity index (χ3n) is 3.33. The summed E-state index contributed by atoms with van der Waals surface area (Å²) in [6.45, 7) is 0.704. The van der Waals surface area contributed by atoms with Gasteiger partial charge in [0.1, 0.15) is 5.52 Å². The van der Waals surface area contributed by atoms with E-state index in [1.807, 2.05) is 41.1 Å². The predicted octanol–water partition coefficient (Wildman–Crippen LogP) is 2.96. The van der Waals surface area contributed by atoms with Gasteiger partial charge in [0.2, 0.25) is 0 Å². The van der Waals surface area contributed by atoms with Gasteiger partial charge in [0.15, 0.2) is 0 Å². The van der Waals surface area contributed by atoms with Gasteiger partial charge in [0, 0.05) is 11.2 Å². The van der Waals surface area contributed by atoms with Crippen molar-refractivity contribution in [1.82, 2.24) is 20.0 Å². The van der Waals surface area contributed by atoms with Gasteiger partial charge in [-0.1, -0.05) is 35.5 Å². The van der Waals surface area contributed by atoms with Crippen LogP contribution in [0.25, 0.3) is 21.9 Å². The van der Waals surface area contributed by atoms with Gasteiger partial charge in [-0.15, -0.1) is 5.10 Å². The van der Waals surface area contributed by atoms with Gasteiger partial charge in [-0.25, -0.2) is 4.68 Å². The highest BCUT2D eigenvalue weighted by atomic mass is 15.4. The number of rotatable bonds is 2. The van der Waals surface area contributed by atoms with Crippen molar-refractivity contribution in [2.75, 3.05) is 0 Å². The van der Waals surface area contributed by atoms with Gasteiger partial charge in [-0.2, -0.15) is 0 Å². The van der Waals surface area contributed by atoms with Gasteiger partial charge in [0.05, 0.1) is 12.1 Å². The lowest BCUT2D eigenvalue weighted by atomic mass is 10.2. The number of nitrogens with zero attached hydrogens (tertiary/aromatic N) is 3. The number of aromatic amines is 1. The molecule has 4 heteroatoms. The van der Waals surface area contributed by atoms with Crippen LogP contribution in [0.4, 0.5) is 0 Å². The van der Waals surface area contributed by atoms with Crippen molar-refractivity contribution in [3.8, 4) is 0 Å². The first-order valence-electron chi connectivity index (χ1n) is 6.25. The normalized spacial score (nSPS) is 11.4. The van der Waals surface area contributed by atoms with Crippen LogP contribution in [0.15, 0.2) is 54.6 Å². The van der Waals surface area contributed by atoms with Crippen molar-refractivity contribution < 1.29 is 0 Å². The Morgan fingerprint density at radius 2 is 1.84 bits per heavy atom. The van der Waals surface area contributed by atoms with Crippen molar-refractivity contribution in [2.45, 2.75) is 6.54 Å². The molecule has 4 rings (SSSR count). The van der Waals surface area contributed by atoms with Crippen molar-refractivity contribution >= 4 is 21.9 Å². The lowest BCUT2D eigenvalue weighted by Gasteiger charge is -1.99. The molecule has 4 aromatic rings. The zero-order valence-corrected chi connectivity index (χ0v) is 10.2. The van der Waals surface area contributed by atoms with E-state index in [0.717, 1.165) is 22.2 Å². The molecule has 0 unspecified atom stereocenters. The average molecular weight is 248 g/mol. The number of hydrogen-bond acceptors (Lipinski definition) is 2. The molecular weight excluding hydrogens is 236 g/mol. The molecule has 0 atom stereocenters. The van der Waals surface area contributed by atoms with Crippen LogP contribution in [-0.2, 0) is 6.54 Å². The predicted molar refractivity (Wildman–Crippen MR) is 74.9 cm³/mol. The average Bonchev–Trinajstić information content (AvgIpc) is 3.03. The quantitative estimate of drug-likeness (QED) is 0.593. The second kappa shape index (κ2) is 3.95. The Bertz CT molecular complexity index is 823. The number of benzene rings is 2. The van der Waals surface area contributed by atoms with E-state index in [1.165, 1.54) is 5.39 Å². The molecule has 2 aromatic carbocycles. The summed E-state index contributed by atoms with van der Waals surface area (Å²) >= 11 is 0. The van der Waals surface area contributed by atoms with Crippen LogP contribution < -0.4 is 0 Å². The highest BCUT2D eigenvalue weighted by Crippen LogP contribution is 2.17. The molecule has 0 aliphatic heterocycles. The van der Waals surface area contributed by atoms with E-state index in [1.54, 1.807) is 0 Å². The van der Waals surface area contributed by atoms with Crippen LogP contribution in [0.3, 0.4) is 0 Å². The first-order chi connectivity index (χ1) is 9.40. The zero-order chi connectivity index (χ0) is 12.7. The second-order valence-electron chi connectivity index (χ2n) is 4.62. The highest BCUT2D eigenvalue weighted by molar-refractivity contribution is 5.80. The van der Waals surface area contributed by atoms with Gasteiger partial charge < -0.3 is 4.98 Å². The van der Waals surface area contributed by atoms with Crippen molar-refractivity contribution in [1.29, 1.82) is 0 Å². The molecule has 0 radical (unpaired) electrons. The Morgan fingerprint density at radius 1 is 1.00 bits per heavy atom. The van der Waals surface area contributed by atoms with E-state index in [-0.39, 0.29) is 0 Å². The molecular formula is C15H12N4. The minimum absolute atomic E-state index is 0.704. The molecule has 0 bridgehead atoms. The molecule has 2 aromatic heterocycles. The molecule has 0 amide bonds. The van der Waals surface area contributed by atoms with Crippen LogP contribution in [0.5, 0.6) is 0 Å². The van der Waals surface area contributed by atoms with Gasteiger partial charge in [-0.3, -0.25) is 0 Å². The first kappa shape index (κ1) is 10.3. The molecule has 0 saturated heterocycles. The fourth-order valence-corrected chi connectivity index (χ4v) is 2.41. The molecule has 0 spiro atoms. The van der Waals surface area contributed by atoms with Gasteiger partial charge >= 0.3 is 0 Å².